The molecule has 3 aromatic rings. The van der Waals surface area contributed by atoms with Crippen molar-refractivity contribution in [2.75, 3.05) is 6.61 Å². The number of esters is 1. The Kier molecular flexibility index (Phi) is 4.21. The van der Waals surface area contributed by atoms with E-state index in [0.717, 1.165) is 5.75 Å². The van der Waals surface area contributed by atoms with Crippen molar-refractivity contribution in [3.8, 4) is 11.8 Å². The molecule has 23 heavy (non-hydrogen) atoms. The Labute approximate surface area is 135 Å². The van der Waals surface area contributed by atoms with Gasteiger partial charge in [-0.3, -0.25) is 0 Å². The molecule has 0 aliphatic carbocycles. The van der Waals surface area contributed by atoms with Gasteiger partial charge in [-0.05, 0) is 19.1 Å². The number of hydrogen-bond donors (Lipinski definition) is 0. The number of nitrogens with zero attached hydrogens (tertiary/aromatic N) is 4. The van der Waals surface area contributed by atoms with E-state index in [2.05, 4.69) is 10.1 Å². The van der Waals surface area contributed by atoms with Gasteiger partial charge in [0, 0.05) is 0 Å². The Hall–Kier alpha value is -2.92. The molecule has 0 bridgehead atoms. The van der Waals surface area contributed by atoms with Gasteiger partial charge in [0.05, 0.1) is 6.61 Å². The molecule has 0 atom stereocenters. The zero-order chi connectivity index (χ0) is 16.2. The highest BCUT2D eigenvalue weighted by Gasteiger charge is 2.22. The van der Waals surface area contributed by atoms with Gasteiger partial charge in [-0.1, -0.05) is 29.5 Å². The van der Waals surface area contributed by atoms with Crippen LogP contribution in [0.15, 0.2) is 30.3 Å². The van der Waals surface area contributed by atoms with Gasteiger partial charge in [0.2, 0.25) is 4.96 Å². The number of aromatic nitrogens is 3. The topological polar surface area (TPSA) is 89.5 Å². The highest BCUT2D eigenvalue weighted by Crippen LogP contribution is 2.21. The Bertz CT molecular complexity index is 879. The quantitative estimate of drug-likeness (QED) is 0.668. The van der Waals surface area contributed by atoms with Crippen LogP contribution in [0.1, 0.15) is 28.1 Å². The summed E-state index contributed by atoms with van der Waals surface area (Å²) in [7, 11) is 0. The predicted octanol–water partition coefficient (Wildman–Crippen LogP) is 2.42. The molecule has 0 unspecified atom stereocenters. The average Bonchev–Trinajstić information content (AvgIpc) is 3.11. The molecule has 0 N–H and O–H groups in total. The van der Waals surface area contributed by atoms with Gasteiger partial charge in [-0.15, -0.1) is 0 Å². The summed E-state index contributed by atoms with van der Waals surface area (Å²) in [6, 6.07) is 11.3. The summed E-state index contributed by atoms with van der Waals surface area (Å²) in [6.07, 6.45) is 0. The average molecular weight is 328 g/mol. The highest BCUT2D eigenvalue weighted by molar-refractivity contribution is 7.16. The van der Waals surface area contributed by atoms with Crippen molar-refractivity contribution in [2.45, 2.75) is 13.5 Å². The van der Waals surface area contributed by atoms with Crippen LogP contribution in [0.3, 0.4) is 0 Å². The summed E-state index contributed by atoms with van der Waals surface area (Å²) in [5.41, 5.74) is 0.0595. The van der Waals surface area contributed by atoms with Gasteiger partial charge in [-0.25, -0.2) is 9.78 Å². The van der Waals surface area contributed by atoms with Crippen molar-refractivity contribution in [1.29, 1.82) is 5.26 Å². The van der Waals surface area contributed by atoms with E-state index in [1.54, 1.807) is 6.92 Å². The number of carbonyl (C=O) groups is 1. The smallest absolute Gasteiger partial charge is 0.360 e. The number of fused-ring (bicyclic) bond motifs is 1. The normalized spacial score (nSPS) is 10.4. The number of para-hydroxylation sites is 1. The summed E-state index contributed by atoms with van der Waals surface area (Å²) in [5.74, 6) is 0.108. The third-order valence-electron chi connectivity index (χ3n) is 2.93. The third kappa shape index (κ3) is 3.00. The Morgan fingerprint density at radius 1 is 1.39 bits per heavy atom. The molecule has 3 rings (SSSR count). The standard InChI is InChI=1S/C15H12N4O3S/c1-2-21-14(20)13-11(8-16)19-15(17-13)23-12(18-19)9-22-10-6-4-3-5-7-10/h3-7H,2,9H2,1H3. The number of carbonyl (C=O) groups excluding carboxylic acids is 1. The second-order valence-corrected chi connectivity index (χ2v) is 5.47. The minimum Gasteiger partial charge on any atom is -0.486 e. The Morgan fingerprint density at radius 3 is 2.87 bits per heavy atom. The molecule has 2 aromatic heterocycles. The lowest BCUT2D eigenvalue weighted by atomic mass is 10.3. The molecular weight excluding hydrogens is 316 g/mol. The van der Waals surface area contributed by atoms with E-state index in [0.29, 0.717) is 9.97 Å². The van der Waals surface area contributed by atoms with Crippen molar-refractivity contribution in [2.24, 2.45) is 0 Å². The first-order valence-electron chi connectivity index (χ1n) is 6.86. The monoisotopic (exact) mass is 328 g/mol. The van der Waals surface area contributed by atoms with Crippen LogP contribution in [0.25, 0.3) is 4.96 Å². The van der Waals surface area contributed by atoms with E-state index < -0.39 is 5.97 Å². The van der Waals surface area contributed by atoms with Gasteiger partial charge in [0.15, 0.2) is 16.4 Å². The fourth-order valence-electron chi connectivity index (χ4n) is 1.95. The second kappa shape index (κ2) is 6.46. The fraction of sp³-hybridized carbons (Fsp3) is 0.200. The number of hydrogen-bond acceptors (Lipinski definition) is 7. The van der Waals surface area contributed by atoms with Crippen LogP contribution in [0, 0.1) is 11.3 Å². The van der Waals surface area contributed by atoms with Crippen molar-refractivity contribution >= 4 is 22.3 Å². The lowest BCUT2D eigenvalue weighted by molar-refractivity contribution is 0.0520. The zero-order valence-corrected chi connectivity index (χ0v) is 13.0. The van der Waals surface area contributed by atoms with Gasteiger partial charge < -0.3 is 9.47 Å². The van der Waals surface area contributed by atoms with Crippen molar-refractivity contribution < 1.29 is 14.3 Å². The fourth-order valence-corrected chi connectivity index (χ4v) is 2.76. The molecule has 0 saturated heterocycles. The summed E-state index contributed by atoms with van der Waals surface area (Å²) in [6.45, 7) is 2.18. The lowest BCUT2D eigenvalue weighted by Gasteiger charge is -2.02. The van der Waals surface area contributed by atoms with E-state index in [1.165, 1.54) is 15.9 Å². The molecule has 116 valence electrons. The molecule has 0 radical (unpaired) electrons. The van der Waals surface area contributed by atoms with Gasteiger partial charge in [0.1, 0.15) is 18.4 Å². The molecule has 2 heterocycles. The maximum Gasteiger partial charge on any atom is 0.360 e. The minimum atomic E-state index is -0.621. The van der Waals surface area contributed by atoms with Crippen molar-refractivity contribution in [3.05, 3.63) is 46.7 Å². The highest BCUT2D eigenvalue weighted by atomic mass is 32.1. The van der Waals surface area contributed by atoms with Crippen LogP contribution in [0.5, 0.6) is 5.75 Å². The number of imidazole rings is 1. The molecule has 0 saturated carbocycles. The Balaban J connectivity index is 1.84. The summed E-state index contributed by atoms with van der Waals surface area (Å²) in [5, 5.41) is 14.2. The van der Waals surface area contributed by atoms with Crippen LogP contribution in [0.2, 0.25) is 0 Å². The minimum absolute atomic E-state index is 0.0105. The zero-order valence-electron chi connectivity index (χ0n) is 12.2. The molecule has 7 nitrogen and oxygen atoms in total. The largest absolute Gasteiger partial charge is 0.486 e. The van der Waals surface area contributed by atoms with Crippen LogP contribution >= 0.6 is 11.3 Å². The van der Waals surface area contributed by atoms with E-state index >= 15 is 0 Å². The van der Waals surface area contributed by atoms with E-state index in [-0.39, 0.29) is 24.6 Å². The third-order valence-corrected chi connectivity index (χ3v) is 3.81. The number of nitriles is 1. The van der Waals surface area contributed by atoms with Crippen molar-refractivity contribution in [3.63, 3.8) is 0 Å². The molecule has 8 heteroatoms. The lowest BCUT2D eigenvalue weighted by Crippen LogP contribution is -2.08. The van der Waals surface area contributed by atoms with Crippen LogP contribution in [0.4, 0.5) is 0 Å². The van der Waals surface area contributed by atoms with Crippen molar-refractivity contribution in [1.82, 2.24) is 14.6 Å². The first-order valence-corrected chi connectivity index (χ1v) is 7.68. The van der Waals surface area contributed by atoms with Crippen LogP contribution in [-0.4, -0.2) is 27.2 Å². The predicted molar refractivity (Wildman–Crippen MR) is 82.3 cm³/mol. The maximum atomic E-state index is 11.8. The molecule has 0 fully saturated rings. The number of benzene rings is 1. The number of rotatable bonds is 5. The van der Waals surface area contributed by atoms with Gasteiger partial charge >= 0.3 is 5.97 Å². The first-order chi connectivity index (χ1) is 11.2. The molecular formula is C15H12N4O3S. The summed E-state index contributed by atoms with van der Waals surface area (Å²) >= 11 is 1.26. The van der Waals surface area contributed by atoms with E-state index in [4.69, 9.17) is 9.47 Å². The first kappa shape index (κ1) is 15.0. The van der Waals surface area contributed by atoms with Crippen LogP contribution in [-0.2, 0) is 11.3 Å². The van der Waals surface area contributed by atoms with Gasteiger partial charge in [-0.2, -0.15) is 14.9 Å². The summed E-state index contributed by atoms with van der Waals surface area (Å²) in [4.78, 5) is 16.4. The second-order valence-electron chi connectivity index (χ2n) is 4.43. The molecule has 0 aliphatic heterocycles. The molecule has 0 spiro atoms. The number of ether oxygens (including phenoxy) is 2. The van der Waals surface area contributed by atoms with E-state index in [1.807, 2.05) is 36.4 Å². The molecule has 1 aromatic carbocycles. The molecule has 0 aliphatic rings. The Morgan fingerprint density at radius 2 is 2.17 bits per heavy atom. The van der Waals surface area contributed by atoms with E-state index in [9.17, 15) is 10.1 Å². The maximum absolute atomic E-state index is 11.8. The summed E-state index contributed by atoms with van der Waals surface area (Å²) < 4.78 is 11.9. The van der Waals surface area contributed by atoms with Crippen LogP contribution < -0.4 is 4.74 Å². The SMILES string of the molecule is CCOC(=O)c1nc2sc(COc3ccccc3)nn2c1C#N. The molecule has 0 amide bonds. The van der Waals surface area contributed by atoms with Gasteiger partial charge in [0.25, 0.3) is 0 Å².